The van der Waals surface area contributed by atoms with Gasteiger partial charge in [-0.3, -0.25) is 9.67 Å². The van der Waals surface area contributed by atoms with Gasteiger partial charge in [0.1, 0.15) is 5.76 Å². The van der Waals surface area contributed by atoms with Gasteiger partial charge in [-0.1, -0.05) is 35.5 Å². The molecular weight excluding hydrogens is 390 g/mol. The van der Waals surface area contributed by atoms with Gasteiger partial charge < -0.3 is 14.2 Å². The molecule has 0 bridgehead atoms. The lowest BCUT2D eigenvalue weighted by molar-refractivity contribution is 0.252. The molecule has 0 radical (unpaired) electrons. The molecule has 1 N–H and O–H groups in total. The fourth-order valence-corrected chi connectivity index (χ4v) is 4.08. The second-order valence-electron chi connectivity index (χ2n) is 7.59. The molecule has 1 aromatic carbocycles. The summed E-state index contributed by atoms with van der Waals surface area (Å²) in [6.07, 6.45) is 7.23. The van der Waals surface area contributed by atoms with Crippen molar-refractivity contribution in [2.75, 3.05) is 6.56 Å². The van der Waals surface area contributed by atoms with Crippen molar-refractivity contribution in [1.82, 2.24) is 24.5 Å². The predicted octanol–water partition coefficient (Wildman–Crippen LogP) is 4.29. The number of nitrogens with zero attached hydrogens (tertiary/aromatic N) is 5. The van der Waals surface area contributed by atoms with E-state index >= 15 is 0 Å². The Hall–Kier alpha value is -3.71. The van der Waals surface area contributed by atoms with Crippen LogP contribution in [0.2, 0.25) is 0 Å². The second-order valence-corrected chi connectivity index (χ2v) is 7.59. The summed E-state index contributed by atoms with van der Waals surface area (Å²) < 4.78 is 25.3. The van der Waals surface area contributed by atoms with Gasteiger partial charge in [0.05, 0.1) is 38.3 Å². The summed E-state index contributed by atoms with van der Waals surface area (Å²) in [5.41, 5.74) is 6.06. The van der Waals surface area contributed by atoms with E-state index in [1.807, 2.05) is 57.6 Å². The second kappa shape index (κ2) is 7.52. The summed E-state index contributed by atoms with van der Waals surface area (Å²) in [4.78, 5) is 4.75. The Labute approximate surface area is 182 Å². The van der Waals surface area contributed by atoms with Crippen LogP contribution in [0.5, 0.6) is 0 Å². The highest BCUT2D eigenvalue weighted by Gasteiger charge is 2.21. The largest absolute Gasteiger partial charge is 0.394 e. The van der Waals surface area contributed by atoms with Crippen LogP contribution in [0.25, 0.3) is 33.3 Å². The predicted molar refractivity (Wildman–Crippen MR) is 119 cm³/mol. The Morgan fingerprint density at radius 1 is 1.13 bits per heavy atom. The maximum Gasteiger partial charge on any atom is 0.141 e. The Bertz CT molecular complexity index is 1430. The Balaban J connectivity index is 1.82. The van der Waals surface area contributed by atoms with Crippen LogP contribution in [0.3, 0.4) is 0 Å². The molecule has 5 rings (SSSR count). The van der Waals surface area contributed by atoms with Gasteiger partial charge in [0.2, 0.25) is 0 Å². The van der Waals surface area contributed by atoms with Crippen LogP contribution in [-0.2, 0) is 7.05 Å². The molecule has 5 aromatic rings. The average molecular weight is 415 g/mol. The minimum atomic E-state index is -2.53. The number of aromatic nitrogens is 5. The van der Waals surface area contributed by atoms with Crippen LogP contribution in [0.1, 0.15) is 25.8 Å². The number of pyridine rings is 1. The smallest absolute Gasteiger partial charge is 0.141 e. The SMILES string of the molecule is [2H]C([2H])(O)C(c1ccccc1)n1cc(-c2cnn(C)c2)c2ncc(-c3c(C)noc3C)cc21. The van der Waals surface area contributed by atoms with Crippen LogP contribution in [0.4, 0.5) is 0 Å². The van der Waals surface area contributed by atoms with Crippen molar-refractivity contribution in [3.8, 4) is 22.3 Å². The molecule has 0 amide bonds. The lowest BCUT2D eigenvalue weighted by Gasteiger charge is -2.18. The average Bonchev–Trinajstić information content (AvgIpc) is 3.45. The lowest BCUT2D eigenvalue weighted by atomic mass is 10.0. The van der Waals surface area contributed by atoms with Crippen molar-refractivity contribution >= 4 is 11.0 Å². The maximum absolute atomic E-state index is 10.6. The molecule has 31 heavy (non-hydrogen) atoms. The lowest BCUT2D eigenvalue weighted by Crippen LogP contribution is -2.13. The fourth-order valence-electron chi connectivity index (χ4n) is 4.08. The van der Waals surface area contributed by atoms with Crippen LogP contribution in [0.15, 0.2) is 65.7 Å². The zero-order chi connectivity index (χ0) is 23.3. The topological polar surface area (TPSA) is 81.9 Å². The number of hydrogen-bond donors (Lipinski definition) is 1. The summed E-state index contributed by atoms with van der Waals surface area (Å²) in [7, 11) is 1.84. The van der Waals surface area contributed by atoms with Crippen LogP contribution in [-0.4, -0.2) is 36.2 Å². The zero-order valence-corrected chi connectivity index (χ0v) is 17.4. The first-order chi connectivity index (χ1) is 15.7. The molecule has 0 aliphatic heterocycles. The molecule has 4 aromatic heterocycles. The van der Waals surface area contributed by atoms with Gasteiger partial charge in [-0.25, -0.2) is 0 Å². The van der Waals surface area contributed by atoms with E-state index in [0.29, 0.717) is 22.4 Å². The van der Waals surface area contributed by atoms with Gasteiger partial charge in [-0.15, -0.1) is 0 Å². The van der Waals surface area contributed by atoms with Crippen molar-refractivity contribution in [1.29, 1.82) is 0 Å². The van der Waals surface area contributed by atoms with E-state index in [9.17, 15) is 5.11 Å². The van der Waals surface area contributed by atoms with Crippen LogP contribution >= 0.6 is 0 Å². The highest BCUT2D eigenvalue weighted by atomic mass is 16.5. The van der Waals surface area contributed by atoms with Gasteiger partial charge in [-0.05, 0) is 25.5 Å². The first-order valence-corrected chi connectivity index (χ1v) is 9.94. The Morgan fingerprint density at radius 2 is 1.94 bits per heavy atom. The van der Waals surface area contributed by atoms with Crippen LogP contribution < -0.4 is 0 Å². The van der Waals surface area contributed by atoms with Crippen molar-refractivity contribution in [2.24, 2.45) is 7.05 Å². The van der Waals surface area contributed by atoms with E-state index < -0.39 is 12.6 Å². The van der Waals surface area contributed by atoms with E-state index in [1.54, 1.807) is 33.8 Å². The Morgan fingerprint density at radius 3 is 2.58 bits per heavy atom. The number of aliphatic hydroxyl groups is 1. The van der Waals surface area contributed by atoms with Crippen molar-refractivity contribution in [3.05, 3.63) is 78.2 Å². The van der Waals surface area contributed by atoms with E-state index in [4.69, 9.17) is 12.2 Å². The minimum Gasteiger partial charge on any atom is -0.394 e. The number of benzene rings is 1. The van der Waals surface area contributed by atoms with Crippen molar-refractivity contribution < 1.29 is 12.4 Å². The quantitative estimate of drug-likeness (QED) is 0.463. The summed E-state index contributed by atoms with van der Waals surface area (Å²) >= 11 is 0. The summed E-state index contributed by atoms with van der Waals surface area (Å²) in [5.74, 6) is 0.677. The van der Waals surface area contributed by atoms with Gasteiger partial charge >= 0.3 is 0 Å². The van der Waals surface area contributed by atoms with Gasteiger partial charge in [0.25, 0.3) is 0 Å². The van der Waals surface area contributed by atoms with Crippen molar-refractivity contribution in [2.45, 2.75) is 19.9 Å². The monoisotopic (exact) mass is 415 g/mol. The third-order valence-corrected chi connectivity index (χ3v) is 5.52. The molecule has 7 nitrogen and oxygen atoms in total. The summed E-state index contributed by atoms with van der Waals surface area (Å²) in [6, 6.07) is 10.1. The van der Waals surface area contributed by atoms with E-state index in [-0.39, 0.29) is 0 Å². The molecule has 0 aliphatic rings. The number of rotatable bonds is 5. The standard InChI is InChI=1S/C24H23N5O2/c1-15-23(16(2)31-27-15)18-9-21-24(25-10-18)20(19-11-26-28(3)12-19)13-29(21)22(14-30)17-7-5-4-6-8-17/h4-13,22,30H,14H2,1-3H3/i14D2. The number of hydrogen-bond acceptors (Lipinski definition) is 5. The van der Waals surface area contributed by atoms with Crippen LogP contribution in [0, 0.1) is 13.8 Å². The minimum absolute atomic E-state index is 0.641. The number of aryl methyl sites for hydroxylation is 3. The number of fused-ring (bicyclic) bond motifs is 1. The molecule has 0 fully saturated rings. The molecule has 7 heteroatoms. The van der Waals surface area contributed by atoms with E-state index in [1.165, 1.54) is 0 Å². The van der Waals surface area contributed by atoms with Crippen molar-refractivity contribution in [3.63, 3.8) is 0 Å². The molecule has 0 saturated carbocycles. The normalized spacial score (nSPS) is 13.9. The highest BCUT2D eigenvalue weighted by Crippen LogP contribution is 2.36. The third kappa shape index (κ3) is 3.23. The molecule has 0 aliphatic carbocycles. The first kappa shape index (κ1) is 17.0. The maximum atomic E-state index is 10.6. The molecule has 0 saturated heterocycles. The van der Waals surface area contributed by atoms with Gasteiger partial charge in [0, 0.05) is 47.9 Å². The molecule has 1 atom stereocenters. The molecule has 1 unspecified atom stereocenters. The molecular formula is C24H23N5O2. The Kier molecular flexibility index (Phi) is 4.13. The zero-order valence-electron chi connectivity index (χ0n) is 19.4. The first-order valence-electron chi connectivity index (χ1n) is 10.9. The molecule has 4 heterocycles. The molecule has 156 valence electrons. The highest BCUT2D eigenvalue weighted by molar-refractivity contribution is 5.95. The summed E-state index contributed by atoms with van der Waals surface area (Å²) in [6.45, 7) is 1.19. The van der Waals surface area contributed by atoms with E-state index in [0.717, 1.165) is 27.9 Å². The summed E-state index contributed by atoms with van der Waals surface area (Å²) in [5, 5.41) is 18.9. The third-order valence-electron chi connectivity index (χ3n) is 5.52. The fraction of sp³-hybridized carbons (Fsp3) is 0.208. The van der Waals surface area contributed by atoms with Gasteiger partial charge in [-0.2, -0.15) is 5.10 Å². The molecule has 0 spiro atoms. The van der Waals surface area contributed by atoms with E-state index in [2.05, 4.69) is 10.3 Å². The van der Waals surface area contributed by atoms with Gasteiger partial charge in [0.15, 0.2) is 0 Å².